The molecular weight excluding hydrogens is 375 g/mol. The zero-order valence-corrected chi connectivity index (χ0v) is 17.2. The van der Waals surface area contributed by atoms with Gasteiger partial charge in [0.25, 0.3) is 0 Å². The number of halogens is 2. The molecule has 0 fully saturated rings. The van der Waals surface area contributed by atoms with Gasteiger partial charge in [-0.05, 0) is 59.8 Å². The maximum absolute atomic E-state index is 14.0. The van der Waals surface area contributed by atoms with Crippen LogP contribution in [0.25, 0.3) is 10.9 Å². The van der Waals surface area contributed by atoms with Crippen LogP contribution in [0.1, 0.15) is 47.1 Å². The first-order valence-corrected chi connectivity index (χ1v) is 9.45. The highest BCUT2D eigenvalue weighted by molar-refractivity contribution is 9.10. The smallest absolute Gasteiger partial charge is 0.138 e. The summed E-state index contributed by atoms with van der Waals surface area (Å²) in [6, 6.07) is 3.52. The standard InChI is InChI=1S/C18H26BrFN2S/c1-17(2,3)11-22-10-12(9-21-23-18(4,5)6)13-7-15(20)14(19)8-16(13)22/h7-8,10,21H,9,11H2,1-6H3. The molecular formula is C18H26BrFN2S. The van der Waals surface area contributed by atoms with E-state index in [0.717, 1.165) is 29.6 Å². The average molecular weight is 401 g/mol. The Bertz CT molecular complexity index is 696. The molecule has 0 saturated heterocycles. The third-order valence-electron chi connectivity index (χ3n) is 3.29. The van der Waals surface area contributed by atoms with Crippen LogP contribution in [-0.4, -0.2) is 9.31 Å². The maximum Gasteiger partial charge on any atom is 0.138 e. The second-order valence-corrected chi connectivity index (χ2v) is 10.7. The summed E-state index contributed by atoms with van der Waals surface area (Å²) in [5.41, 5.74) is 2.37. The lowest BCUT2D eigenvalue weighted by atomic mass is 9.97. The first-order valence-electron chi connectivity index (χ1n) is 7.84. The van der Waals surface area contributed by atoms with E-state index in [-0.39, 0.29) is 16.0 Å². The monoisotopic (exact) mass is 400 g/mol. The number of fused-ring (bicyclic) bond motifs is 1. The SMILES string of the molecule is CC(C)(C)Cn1cc(CNSC(C)(C)C)c2cc(F)c(Br)cc21. The predicted molar refractivity (Wildman–Crippen MR) is 103 cm³/mol. The highest BCUT2D eigenvalue weighted by atomic mass is 79.9. The topological polar surface area (TPSA) is 17.0 Å². The number of aromatic nitrogens is 1. The molecule has 0 amide bonds. The fourth-order valence-electron chi connectivity index (χ4n) is 2.47. The molecule has 1 heterocycles. The molecule has 1 aromatic heterocycles. The number of hydrogen-bond acceptors (Lipinski definition) is 2. The Kier molecular flexibility index (Phi) is 5.54. The minimum atomic E-state index is -0.212. The molecule has 0 aliphatic heterocycles. The van der Waals surface area contributed by atoms with Gasteiger partial charge in [-0.1, -0.05) is 32.7 Å². The Labute approximate surface area is 151 Å². The van der Waals surface area contributed by atoms with Crippen LogP contribution < -0.4 is 4.72 Å². The van der Waals surface area contributed by atoms with E-state index in [2.05, 4.69) is 73.0 Å². The van der Waals surface area contributed by atoms with Crippen LogP contribution in [0.5, 0.6) is 0 Å². The van der Waals surface area contributed by atoms with E-state index in [1.54, 1.807) is 18.0 Å². The van der Waals surface area contributed by atoms with Crippen molar-refractivity contribution in [3.8, 4) is 0 Å². The van der Waals surface area contributed by atoms with Gasteiger partial charge in [-0.15, -0.1) is 0 Å². The molecule has 2 rings (SSSR count). The fraction of sp³-hybridized carbons (Fsp3) is 0.556. The summed E-state index contributed by atoms with van der Waals surface area (Å²) in [6.07, 6.45) is 2.15. The van der Waals surface area contributed by atoms with Gasteiger partial charge >= 0.3 is 0 Å². The predicted octanol–water partition coefficient (Wildman–Crippen LogP) is 6.13. The largest absolute Gasteiger partial charge is 0.347 e. The van der Waals surface area contributed by atoms with Gasteiger partial charge in [0.1, 0.15) is 5.82 Å². The number of nitrogens with zero attached hydrogens (tertiary/aromatic N) is 1. The first-order chi connectivity index (χ1) is 10.5. The minimum absolute atomic E-state index is 0.151. The van der Waals surface area contributed by atoms with Crippen molar-refractivity contribution in [1.82, 2.24) is 9.29 Å². The molecule has 0 spiro atoms. The molecule has 5 heteroatoms. The van der Waals surface area contributed by atoms with Crippen molar-refractivity contribution in [3.05, 3.63) is 34.2 Å². The summed E-state index contributed by atoms with van der Waals surface area (Å²) < 4.78 is 20.3. The van der Waals surface area contributed by atoms with Crippen molar-refractivity contribution in [2.24, 2.45) is 5.41 Å². The fourth-order valence-corrected chi connectivity index (χ4v) is 3.46. The van der Waals surface area contributed by atoms with Gasteiger partial charge in [0, 0.05) is 34.9 Å². The Morgan fingerprint density at radius 2 is 1.83 bits per heavy atom. The Morgan fingerprint density at radius 3 is 2.39 bits per heavy atom. The van der Waals surface area contributed by atoms with Crippen molar-refractivity contribution >= 4 is 38.8 Å². The van der Waals surface area contributed by atoms with Crippen LogP contribution in [0.3, 0.4) is 0 Å². The molecule has 0 radical (unpaired) electrons. The second kappa shape index (κ2) is 6.77. The number of rotatable bonds is 4. The zero-order chi connectivity index (χ0) is 17.4. The molecule has 0 unspecified atom stereocenters. The molecule has 0 aliphatic carbocycles. The lowest BCUT2D eigenvalue weighted by Crippen LogP contribution is -2.16. The van der Waals surface area contributed by atoms with Crippen molar-refractivity contribution in [2.45, 2.75) is 59.4 Å². The molecule has 2 nitrogen and oxygen atoms in total. The molecule has 0 saturated carbocycles. The van der Waals surface area contributed by atoms with E-state index in [9.17, 15) is 4.39 Å². The van der Waals surface area contributed by atoms with E-state index in [0.29, 0.717) is 4.47 Å². The zero-order valence-electron chi connectivity index (χ0n) is 14.8. The lowest BCUT2D eigenvalue weighted by Gasteiger charge is -2.20. The highest BCUT2D eigenvalue weighted by Crippen LogP contribution is 2.30. The quantitative estimate of drug-likeness (QED) is 0.621. The van der Waals surface area contributed by atoms with E-state index >= 15 is 0 Å². The van der Waals surface area contributed by atoms with E-state index < -0.39 is 0 Å². The maximum atomic E-state index is 14.0. The van der Waals surface area contributed by atoms with Gasteiger partial charge < -0.3 is 4.57 Å². The van der Waals surface area contributed by atoms with E-state index in [1.807, 2.05) is 6.07 Å². The molecule has 1 aromatic carbocycles. The number of hydrogen-bond donors (Lipinski definition) is 1. The van der Waals surface area contributed by atoms with Crippen molar-refractivity contribution in [1.29, 1.82) is 0 Å². The normalized spacial score (nSPS) is 13.0. The summed E-state index contributed by atoms with van der Waals surface area (Å²) in [7, 11) is 0. The third kappa shape index (κ3) is 5.23. The van der Waals surface area contributed by atoms with Gasteiger partial charge in [0.15, 0.2) is 0 Å². The van der Waals surface area contributed by atoms with Crippen molar-refractivity contribution in [2.75, 3.05) is 0 Å². The Hall–Kier alpha value is -0.520. The van der Waals surface area contributed by atoms with Crippen LogP contribution in [0, 0.1) is 11.2 Å². The molecule has 2 aromatic rings. The Balaban J connectivity index is 2.38. The van der Waals surface area contributed by atoms with Crippen LogP contribution in [-0.2, 0) is 13.1 Å². The number of nitrogens with one attached hydrogen (secondary N) is 1. The number of benzene rings is 1. The summed E-state index contributed by atoms with van der Waals surface area (Å²) in [5, 5.41) is 0.983. The summed E-state index contributed by atoms with van der Waals surface area (Å²) in [5.74, 6) is -0.212. The van der Waals surface area contributed by atoms with Crippen molar-refractivity contribution < 1.29 is 4.39 Å². The molecule has 128 valence electrons. The van der Waals surface area contributed by atoms with Crippen LogP contribution in [0.4, 0.5) is 4.39 Å². The van der Waals surface area contributed by atoms with Gasteiger partial charge in [-0.25, -0.2) is 4.39 Å². The van der Waals surface area contributed by atoms with Gasteiger partial charge in [-0.3, -0.25) is 4.72 Å². The summed E-state index contributed by atoms with van der Waals surface area (Å²) >= 11 is 5.01. The molecule has 0 aliphatic rings. The highest BCUT2D eigenvalue weighted by Gasteiger charge is 2.18. The van der Waals surface area contributed by atoms with Crippen LogP contribution in [0.15, 0.2) is 22.8 Å². The summed E-state index contributed by atoms with van der Waals surface area (Å²) in [6.45, 7) is 14.8. The lowest BCUT2D eigenvalue weighted by molar-refractivity contribution is 0.349. The molecule has 0 atom stereocenters. The van der Waals surface area contributed by atoms with Crippen molar-refractivity contribution in [3.63, 3.8) is 0 Å². The van der Waals surface area contributed by atoms with E-state index in [4.69, 9.17) is 0 Å². The molecule has 0 bridgehead atoms. The van der Waals surface area contributed by atoms with Crippen LogP contribution >= 0.6 is 27.9 Å². The van der Waals surface area contributed by atoms with Gasteiger partial charge in [0.2, 0.25) is 0 Å². The minimum Gasteiger partial charge on any atom is -0.347 e. The summed E-state index contributed by atoms with van der Waals surface area (Å²) in [4.78, 5) is 0. The second-order valence-electron chi connectivity index (χ2n) is 8.16. The van der Waals surface area contributed by atoms with Gasteiger partial charge in [0.05, 0.1) is 4.47 Å². The molecule has 1 N–H and O–H groups in total. The van der Waals surface area contributed by atoms with Crippen LogP contribution in [0.2, 0.25) is 0 Å². The third-order valence-corrected chi connectivity index (χ3v) is 4.80. The first kappa shape index (κ1) is 18.8. The Morgan fingerprint density at radius 1 is 1.17 bits per heavy atom. The van der Waals surface area contributed by atoms with E-state index in [1.165, 1.54) is 0 Å². The molecule has 23 heavy (non-hydrogen) atoms. The van der Waals surface area contributed by atoms with Gasteiger partial charge in [-0.2, -0.15) is 0 Å². The average Bonchev–Trinajstić information content (AvgIpc) is 2.65.